The number of nitrogens with one attached hydrogen (secondary N) is 2. The van der Waals surface area contributed by atoms with Gasteiger partial charge in [-0.25, -0.2) is 0 Å². The fraction of sp³-hybridized carbons (Fsp3) is 0.143. The van der Waals surface area contributed by atoms with E-state index in [4.69, 9.17) is 16.0 Å². The highest BCUT2D eigenvalue weighted by Crippen LogP contribution is 2.20. The van der Waals surface area contributed by atoms with E-state index in [1.54, 1.807) is 31.2 Å². The van der Waals surface area contributed by atoms with Gasteiger partial charge in [-0.05, 0) is 35.9 Å². The lowest BCUT2D eigenvalue weighted by molar-refractivity contribution is -0.115. The maximum atomic E-state index is 11.9. The summed E-state index contributed by atoms with van der Waals surface area (Å²) in [5.41, 5.74) is 1.43. The molecule has 0 aliphatic carbocycles. The number of hydrogen-bond donors (Lipinski definition) is 2. The van der Waals surface area contributed by atoms with Gasteiger partial charge in [0.25, 0.3) is 5.91 Å². The van der Waals surface area contributed by atoms with Crippen LogP contribution in [0.15, 0.2) is 41.0 Å². The van der Waals surface area contributed by atoms with E-state index in [2.05, 4.69) is 10.6 Å². The molecule has 0 atom stereocenters. The van der Waals surface area contributed by atoms with Crippen LogP contribution in [0.3, 0.4) is 0 Å². The van der Waals surface area contributed by atoms with Crippen LogP contribution in [0.25, 0.3) is 0 Å². The Kier molecular flexibility index (Phi) is 4.42. The molecule has 0 saturated carbocycles. The molecule has 2 amide bonds. The van der Waals surface area contributed by atoms with Gasteiger partial charge < -0.3 is 15.1 Å². The van der Waals surface area contributed by atoms with Crippen molar-refractivity contribution in [3.05, 3.63) is 47.4 Å². The number of carbonyl (C=O) groups is 2. The zero-order valence-electron chi connectivity index (χ0n) is 10.8. The summed E-state index contributed by atoms with van der Waals surface area (Å²) in [5, 5.41) is 5.44. The minimum absolute atomic E-state index is 0.0398. The number of amides is 2. The highest BCUT2D eigenvalue weighted by Gasteiger charge is 2.13. The molecule has 1 aromatic heterocycles. The van der Waals surface area contributed by atoms with Crippen LogP contribution < -0.4 is 10.6 Å². The van der Waals surface area contributed by atoms with Gasteiger partial charge in [0.1, 0.15) is 0 Å². The molecule has 6 heteroatoms. The Hall–Kier alpha value is -2.27. The maximum Gasteiger partial charge on any atom is 0.260 e. The smallest absolute Gasteiger partial charge is 0.260 e. The van der Waals surface area contributed by atoms with E-state index < -0.39 is 0 Å². The second kappa shape index (κ2) is 6.25. The largest absolute Gasteiger partial charge is 0.452 e. The van der Waals surface area contributed by atoms with E-state index in [1.807, 2.05) is 0 Å². The molecule has 0 unspecified atom stereocenters. The third kappa shape index (κ3) is 3.39. The van der Waals surface area contributed by atoms with Crippen molar-refractivity contribution in [3.8, 4) is 0 Å². The van der Waals surface area contributed by atoms with Gasteiger partial charge >= 0.3 is 0 Å². The minimum Gasteiger partial charge on any atom is -0.452 e. The van der Waals surface area contributed by atoms with Gasteiger partial charge in [0.05, 0.1) is 11.8 Å². The third-order valence-electron chi connectivity index (χ3n) is 2.59. The number of benzene rings is 1. The Labute approximate surface area is 120 Å². The fourth-order valence-electron chi connectivity index (χ4n) is 1.58. The maximum absolute atomic E-state index is 11.9. The highest BCUT2D eigenvalue weighted by atomic mass is 35.5. The van der Waals surface area contributed by atoms with Gasteiger partial charge in [-0.2, -0.15) is 0 Å². The monoisotopic (exact) mass is 292 g/mol. The lowest BCUT2D eigenvalue weighted by Gasteiger charge is -2.07. The first-order chi connectivity index (χ1) is 9.60. The van der Waals surface area contributed by atoms with Crippen molar-refractivity contribution in [2.45, 2.75) is 13.3 Å². The van der Waals surface area contributed by atoms with Gasteiger partial charge in [0.2, 0.25) is 11.1 Å². The Bertz CT molecular complexity index is 637. The molecule has 0 saturated heterocycles. The zero-order chi connectivity index (χ0) is 14.5. The van der Waals surface area contributed by atoms with Crippen molar-refractivity contribution in [3.63, 3.8) is 0 Å². The van der Waals surface area contributed by atoms with Crippen LogP contribution in [0, 0.1) is 0 Å². The van der Waals surface area contributed by atoms with Crippen molar-refractivity contribution in [2.24, 2.45) is 0 Å². The Morgan fingerprint density at radius 3 is 2.50 bits per heavy atom. The lowest BCUT2D eigenvalue weighted by atomic mass is 10.2. The second-order valence-electron chi connectivity index (χ2n) is 4.04. The predicted molar refractivity (Wildman–Crippen MR) is 77.0 cm³/mol. The molecule has 1 aromatic carbocycles. The Morgan fingerprint density at radius 1 is 1.20 bits per heavy atom. The van der Waals surface area contributed by atoms with E-state index in [0.717, 1.165) is 0 Å². The van der Waals surface area contributed by atoms with Crippen molar-refractivity contribution in [1.29, 1.82) is 0 Å². The molecular weight excluding hydrogens is 280 g/mol. The standard InChI is InChI=1S/C14H13ClN2O3/c1-2-12(18)16-9-4-3-5-10(8-9)17-14(19)11-6-7-20-13(11)15/h3-8H,2H2,1H3,(H,16,18)(H,17,19). The number of carbonyl (C=O) groups excluding carboxylic acids is 2. The lowest BCUT2D eigenvalue weighted by Crippen LogP contribution is -2.13. The molecule has 5 nitrogen and oxygen atoms in total. The average molecular weight is 293 g/mol. The van der Waals surface area contributed by atoms with Crippen molar-refractivity contribution >= 4 is 34.8 Å². The molecule has 104 valence electrons. The molecule has 0 radical (unpaired) electrons. The van der Waals surface area contributed by atoms with Gasteiger partial charge in [-0.1, -0.05) is 13.0 Å². The van der Waals surface area contributed by atoms with Crippen LogP contribution in [0.2, 0.25) is 5.22 Å². The number of hydrogen-bond acceptors (Lipinski definition) is 3. The first-order valence-electron chi connectivity index (χ1n) is 6.04. The molecule has 2 N–H and O–H groups in total. The molecule has 20 heavy (non-hydrogen) atoms. The Balaban J connectivity index is 2.10. The predicted octanol–water partition coefficient (Wildman–Crippen LogP) is 3.53. The SMILES string of the molecule is CCC(=O)Nc1cccc(NC(=O)c2ccoc2Cl)c1. The molecule has 0 spiro atoms. The topological polar surface area (TPSA) is 71.3 Å². The minimum atomic E-state index is -0.372. The van der Waals surface area contributed by atoms with Crippen LogP contribution in [-0.4, -0.2) is 11.8 Å². The Morgan fingerprint density at radius 2 is 1.90 bits per heavy atom. The quantitative estimate of drug-likeness (QED) is 0.905. The summed E-state index contributed by atoms with van der Waals surface area (Å²) in [5.74, 6) is -0.464. The first-order valence-corrected chi connectivity index (χ1v) is 6.42. The summed E-state index contributed by atoms with van der Waals surface area (Å²) in [6, 6.07) is 8.35. The number of furan rings is 1. The molecule has 2 aromatic rings. The first kappa shape index (κ1) is 14.1. The summed E-state index contributed by atoms with van der Waals surface area (Å²) in [7, 11) is 0. The number of rotatable bonds is 4. The van der Waals surface area contributed by atoms with Crippen LogP contribution in [0.1, 0.15) is 23.7 Å². The second-order valence-corrected chi connectivity index (χ2v) is 4.39. The zero-order valence-corrected chi connectivity index (χ0v) is 11.5. The van der Waals surface area contributed by atoms with Crippen LogP contribution in [-0.2, 0) is 4.79 Å². The fourth-order valence-corrected chi connectivity index (χ4v) is 1.78. The van der Waals surface area contributed by atoms with Crippen LogP contribution >= 0.6 is 11.6 Å². The van der Waals surface area contributed by atoms with Gasteiger partial charge in [-0.3, -0.25) is 9.59 Å². The van der Waals surface area contributed by atoms with Crippen LogP contribution in [0.4, 0.5) is 11.4 Å². The van der Waals surface area contributed by atoms with E-state index >= 15 is 0 Å². The van der Waals surface area contributed by atoms with Gasteiger partial charge in [-0.15, -0.1) is 0 Å². The van der Waals surface area contributed by atoms with E-state index in [-0.39, 0.29) is 22.6 Å². The van der Waals surface area contributed by atoms with Crippen molar-refractivity contribution in [1.82, 2.24) is 0 Å². The van der Waals surface area contributed by atoms with Gasteiger partial charge in [0.15, 0.2) is 0 Å². The highest BCUT2D eigenvalue weighted by molar-refractivity contribution is 6.32. The molecule has 2 rings (SSSR count). The molecule has 0 bridgehead atoms. The molecule has 0 aliphatic heterocycles. The van der Waals surface area contributed by atoms with Gasteiger partial charge in [0, 0.05) is 17.8 Å². The molecule has 1 heterocycles. The number of anilines is 2. The van der Waals surface area contributed by atoms with Crippen molar-refractivity contribution in [2.75, 3.05) is 10.6 Å². The molecule has 0 fully saturated rings. The van der Waals surface area contributed by atoms with Crippen molar-refractivity contribution < 1.29 is 14.0 Å². The van der Waals surface area contributed by atoms with E-state index in [9.17, 15) is 9.59 Å². The molecule has 0 aliphatic rings. The normalized spacial score (nSPS) is 10.1. The summed E-state index contributed by atoms with van der Waals surface area (Å²) < 4.78 is 4.86. The summed E-state index contributed by atoms with van der Waals surface area (Å²) >= 11 is 5.74. The average Bonchev–Trinajstić information content (AvgIpc) is 2.85. The summed E-state index contributed by atoms with van der Waals surface area (Å²) in [6.45, 7) is 1.77. The summed E-state index contributed by atoms with van der Waals surface area (Å²) in [6.07, 6.45) is 1.73. The van der Waals surface area contributed by atoms with E-state index in [0.29, 0.717) is 17.8 Å². The van der Waals surface area contributed by atoms with E-state index in [1.165, 1.54) is 12.3 Å². The summed E-state index contributed by atoms with van der Waals surface area (Å²) in [4.78, 5) is 23.3. The van der Waals surface area contributed by atoms with Crippen LogP contribution in [0.5, 0.6) is 0 Å². The molecular formula is C14H13ClN2O3. The number of halogens is 1. The third-order valence-corrected chi connectivity index (χ3v) is 2.88.